The number of halogens is 1. The van der Waals surface area contributed by atoms with Crippen molar-refractivity contribution in [3.05, 3.63) is 29.1 Å². The second-order valence-corrected chi connectivity index (χ2v) is 4.47. The van der Waals surface area contributed by atoms with Crippen LogP contribution in [0, 0.1) is 0 Å². The van der Waals surface area contributed by atoms with Crippen LogP contribution in [-0.4, -0.2) is 22.9 Å². The van der Waals surface area contributed by atoms with E-state index in [-0.39, 0.29) is 0 Å². The van der Waals surface area contributed by atoms with Crippen LogP contribution in [0.1, 0.15) is 31.7 Å². The Morgan fingerprint density at radius 3 is 2.71 bits per heavy atom. The number of hydrogen-bond donors (Lipinski definition) is 1. The van der Waals surface area contributed by atoms with Crippen LogP contribution in [0.2, 0.25) is 5.02 Å². The molecule has 3 nitrogen and oxygen atoms in total. The Morgan fingerprint density at radius 1 is 1.53 bits per heavy atom. The monoisotopic (exact) mass is 255 g/mol. The van der Waals surface area contributed by atoms with Crippen LogP contribution in [0.4, 0.5) is 0 Å². The highest BCUT2D eigenvalue weighted by Gasteiger charge is 2.17. The predicted octanol–water partition coefficient (Wildman–Crippen LogP) is 2.83. The molecule has 0 fully saturated rings. The summed E-state index contributed by atoms with van der Waals surface area (Å²) >= 11 is 6.37. The van der Waals surface area contributed by atoms with Gasteiger partial charge in [0.05, 0.1) is 16.4 Å². The molecule has 1 aromatic heterocycles. The van der Waals surface area contributed by atoms with Crippen molar-refractivity contribution in [2.45, 2.75) is 45.7 Å². The fourth-order valence-corrected chi connectivity index (χ4v) is 2.30. The van der Waals surface area contributed by atoms with E-state index in [1.807, 2.05) is 17.8 Å². The van der Waals surface area contributed by atoms with Gasteiger partial charge in [0.1, 0.15) is 0 Å². The minimum Gasteiger partial charge on any atom is -0.316 e. The van der Waals surface area contributed by atoms with E-state index in [1.54, 1.807) is 0 Å². The van der Waals surface area contributed by atoms with Crippen LogP contribution in [0.3, 0.4) is 0 Å². The summed E-state index contributed by atoms with van der Waals surface area (Å²) in [6, 6.07) is 0.372. The maximum Gasteiger partial charge on any atom is 0.0850 e. The van der Waals surface area contributed by atoms with Crippen molar-refractivity contribution < 1.29 is 0 Å². The number of nitrogens with zero attached hydrogens (tertiary/aromatic N) is 2. The first-order valence-electron chi connectivity index (χ1n) is 6.20. The van der Waals surface area contributed by atoms with Gasteiger partial charge in [-0.3, -0.25) is 4.68 Å². The quantitative estimate of drug-likeness (QED) is 0.760. The van der Waals surface area contributed by atoms with E-state index in [1.165, 1.54) is 0 Å². The molecule has 0 aliphatic carbocycles. The van der Waals surface area contributed by atoms with Crippen LogP contribution in [0.5, 0.6) is 0 Å². The fraction of sp³-hybridized carbons (Fsp3) is 0.615. The zero-order chi connectivity index (χ0) is 12.8. The first-order valence-corrected chi connectivity index (χ1v) is 6.57. The fourth-order valence-electron chi connectivity index (χ4n) is 1.95. The highest BCUT2D eigenvalue weighted by atomic mass is 35.5. The van der Waals surface area contributed by atoms with E-state index >= 15 is 0 Å². The molecule has 0 saturated carbocycles. The van der Waals surface area contributed by atoms with Gasteiger partial charge < -0.3 is 5.32 Å². The zero-order valence-electron chi connectivity index (χ0n) is 11.0. The van der Waals surface area contributed by atoms with Crippen LogP contribution in [0.15, 0.2) is 12.7 Å². The van der Waals surface area contributed by atoms with Gasteiger partial charge in [-0.1, -0.05) is 24.6 Å². The van der Waals surface area contributed by atoms with Crippen molar-refractivity contribution in [3.8, 4) is 0 Å². The van der Waals surface area contributed by atoms with Crippen LogP contribution >= 0.6 is 11.6 Å². The molecule has 0 spiro atoms. The molecular weight excluding hydrogens is 234 g/mol. The van der Waals surface area contributed by atoms with E-state index < -0.39 is 0 Å². The highest BCUT2D eigenvalue weighted by molar-refractivity contribution is 6.31. The van der Waals surface area contributed by atoms with E-state index in [9.17, 15) is 0 Å². The summed E-state index contributed by atoms with van der Waals surface area (Å²) in [6.45, 7) is 8.81. The molecule has 1 atom stereocenters. The van der Waals surface area contributed by atoms with Crippen molar-refractivity contribution in [2.24, 2.45) is 0 Å². The summed E-state index contributed by atoms with van der Waals surface area (Å²) in [5, 5.41) is 8.64. The van der Waals surface area contributed by atoms with Gasteiger partial charge in [-0.15, -0.1) is 6.58 Å². The highest BCUT2D eigenvalue weighted by Crippen LogP contribution is 2.23. The Labute approximate surface area is 109 Å². The van der Waals surface area contributed by atoms with Gasteiger partial charge in [-0.05, 0) is 26.8 Å². The molecule has 17 heavy (non-hydrogen) atoms. The number of aryl methyl sites for hydroxylation is 2. The smallest absolute Gasteiger partial charge is 0.0850 e. The number of aromatic nitrogens is 2. The van der Waals surface area contributed by atoms with E-state index in [0.29, 0.717) is 6.04 Å². The maximum atomic E-state index is 6.37. The van der Waals surface area contributed by atoms with Gasteiger partial charge in [0.25, 0.3) is 0 Å². The summed E-state index contributed by atoms with van der Waals surface area (Å²) in [7, 11) is 1.97. The molecule has 4 heteroatoms. The molecule has 0 amide bonds. The lowest BCUT2D eigenvalue weighted by Crippen LogP contribution is -2.28. The molecular formula is C13H22ClN3. The maximum absolute atomic E-state index is 6.37. The van der Waals surface area contributed by atoms with Gasteiger partial charge in [0.15, 0.2) is 0 Å². The van der Waals surface area contributed by atoms with Crippen LogP contribution < -0.4 is 5.32 Å². The Bertz CT molecular complexity index is 371. The molecule has 0 aliphatic rings. The molecule has 0 bridgehead atoms. The molecule has 0 saturated heterocycles. The standard InChI is InChI=1S/C13H22ClN3/c1-5-8-10(15-4)9-12-13(14)11(6-2)16-17(12)7-3/h5,10,15H,1,6-9H2,2-4H3. The van der Waals surface area contributed by atoms with Gasteiger partial charge in [0, 0.05) is 19.0 Å². The average molecular weight is 256 g/mol. The molecule has 1 N–H and O–H groups in total. The second kappa shape index (κ2) is 6.82. The normalized spacial score (nSPS) is 12.7. The van der Waals surface area contributed by atoms with Gasteiger partial charge >= 0.3 is 0 Å². The lowest BCUT2D eigenvalue weighted by atomic mass is 10.1. The molecule has 96 valence electrons. The summed E-state index contributed by atoms with van der Waals surface area (Å²) in [5.74, 6) is 0. The van der Waals surface area contributed by atoms with E-state index in [2.05, 4.69) is 30.8 Å². The molecule has 0 aliphatic heterocycles. The Kier molecular flexibility index (Phi) is 5.72. The lowest BCUT2D eigenvalue weighted by Gasteiger charge is -2.15. The minimum atomic E-state index is 0.372. The first kappa shape index (κ1) is 14.3. The summed E-state index contributed by atoms with van der Waals surface area (Å²) in [6.07, 6.45) is 4.64. The first-order chi connectivity index (χ1) is 8.17. The Hall–Kier alpha value is -0.800. The van der Waals surface area contributed by atoms with E-state index in [0.717, 1.165) is 42.2 Å². The van der Waals surface area contributed by atoms with Crippen molar-refractivity contribution in [2.75, 3.05) is 7.05 Å². The Morgan fingerprint density at radius 2 is 2.24 bits per heavy atom. The van der Waals surface area contributed by atoms with Gasteiger partial charge in [-0.2, -0.15) is 5.10 Å². The molecule has 1 unspecified atom stereocenters. The summed E-state index contributed by atoms with van der Waals surface area (Å²) in [4.78, 5) is 0. The SMILES string of the molecule is C=CCC(Cc1c(Cl)c(CC)nn1CC)NC. The third kappa shape index (κ3) is 3.33. The largest absolute Gasteiger partial charge is 0.316 e. The summed E-state index contributed by atoms with van der Waals surface area (Å²) in [5.41, 5.74) is 2.13. The van der Waals surface area contributed by atoms with Crippen LogP contribution in [-0.2, 0) is 19.4 Å². The predicted molar refractivity (Wildman–Crippen MR) is 73.7 cm³/mol. The number of likely N-dealkylation sites (N-methyl/N-ethyl adjacent to an activating group) is 1. The van der Waals surface area contributed by atoms with Crippen molar-refractivity contribution >= 4 is 11.6 Å². The number of rotatable bonds is 7. The molecule has 1 rings (SSSR count). The molecule has 0 radical (unpaired) electrons. The molecule has 1 heterocycles. The summed E-state index contributed by atoms with van der Waals surface area (Å²) < 4.78 is 2.01. The van der Waals surface area contributed by atoms with E-state index in [4.69, 9.17) is 11.6 Å². The van der Waals surface area contributed by atoms with Crippen LogP contribution in [0.25, 0.3) is 0 Å². The lowest BCUT2D eigenvalue weighted by molar-refractivity contribution is 0.526. The van der Waals surface area contributed by atoms with Gasteiger partial charge in [0.2, 0.25) is 0 Å². The number of hydrogen-bond acceptors (Lipinski definition) is 2. The Balaban J connectivity index is 2.94. The number of nitrogens with one attached hydrogen (secondary N) is 1. The topological polar surface area (TPSA) is 29.9 Å². The van der Waals surface area contributed by atoms with Crippen molar-refractivity contribution in [3.63, 3.8) is 0 Å². The van der Waals surface area contributed by atoms with Gasteiger partial charge in [-0.25, -0.2) is 0 Å². The second-order valence-electron chi connectivity index (χ2n) is 4.09. The zero-order valence-corrected chi connectivity index (χ0v) is 11.7. The molecule has 1 aromatic rings. The third-order valence-corrected chi connectivity index (χ3v) is 3.43. The average Bonchev–Trinajstić information content (AvgIpc) is 2.65. The third-order valence-electron chi connectivity index (χ3n) is 2.99. The molecule has 0 aromatic carbocycles. The van der Waals surface area contributed by atoms with Crippen molar-refractivity contribution in [1.82, 2.24) is 15.1 Å². The van der Waals surface area contributed by atoms with Crippen molar-refractivity contribution in [1.29, 1.82) is 0 Å². The minimum absolute atomic E-state index is 0.372.